The van der Waals surface area contributed by atoms with Gasteiger partial charge in [-0.2, -0.15) is 0 Å². The molecular formula is C12H18O4. The predicted molar refractivity (Wildman–Crippen MR) is 58.8 cm³/mol. The summed E-state index contributed by atoms with van der Waals surface area (Å²) in [5.41, 5.74) is 1.01. The highest BCUT2D eigenvalue weighted by molar-refractivity contribution is 6.14. The second-order valence-corrected chi connectivity index (χ2v) is 3.63. The summed E-state index contributed by atoms with van der Waals surface area (Å²) in [5.74, 6) is -1.09. The number of rotatable bonds is 4. The van der Waals surface area contributed by atoms with Crippen molar-refractivity contribution in [2.45, 2.75) is 39.5 Å². The largest absolute Gasteiger partial charge is 0.462 e. The zero-order chi connectivity index (χ0) is 12.0. The average molecular weight is 226 g/mol. The highest BCUT2D eigenvalue weighted by atomic mass is 16.6. The first kappa shape index (κ1) is 12.7. The summed E-state index contributed by atoms with van der Waals surface area (Å²) in [7, 11) is 0. The molecule has 0 bridgehead atoms. The first-order valence-corrected chi connectivity index (χ1v) is 5.77. The van der Waals surface area contributed by atoms with Gasteiger partial charge in [0.05, 0.1) is 13.2 Å². The number of carbonyl (C=O) groups excluding carboxylic acids is 2. The number of carbonyl (C=O) groups is 2. The minimum absolute atomic E-state index is 0.126. The highest BCUT2D eigenvalue weighted by Gasteiger charge is 2.26. The first-order chi connectivity index (χ1) is 7.70. The van der Waals surface area contributed by atoms with Crippen LogP contribution < -0.4 is 0 Å². The van der Waals surface area contributed by atoms with Gasteiger partial charge in [-0.05, 0) is 45.1 Å². The Balaban J connectivity index is 2.88. The van der Waals surface area contributed by atoms with E-state index in [4.69, 9.17) is 9.47 Å². The molecule has 1 saturated carbocycles. The van der Waals surface area contributed by atoms with Gasteiger partial charge in [-0.25, -0.2) is 9.59 Å². The van der Waals surface area contributed by atoms with Crippen LogP contribution in [0.25, 0.3) is 0 Å². The van der Waals surface area contributed by atoms with Crippen LogP contribution in [-0.4, -0.2) is 25.2 Å². The number of allylic oxidation sites excluding steroid dienone is 1. The number of ether oxygens (including phenoxy) is 2. The Morgan fingerprint density at radius 1 is 1.00 bits per heavy atom. The molecule has 0 N–H and O–H groups in total. The molecule has 0 aromatic heterocycles. The number of hydrogen-bond acceptors (Lipinski definition) is 4. The van der Waals surface area contributed by atoms with Crippen LogP contribution in [0.5, 0.6) is 0 Å². The van der Waals surface area contributed by atoms with Crippen LogP contribution in [0.2, 0.25) is 0 Å². The Morgan fingerprint density at radius 3 is 1.81 bits per heavy atom. The van der Waals surface area contributed by atoms with Crippen molar-refractivity contribution >= 4 is 11.9 Å². The van der Waals surface area contributed by atoms with E-state index in [1.807, 2.05) is 0 Å². The van der Waals surface area contributed by atoms with Crippen molar-refractivity contribution in [3.8, 4) is 0 Å². The molecule has 0 radical (unpaired) electrons. The van der Waals surface area contributed by atoms with Crippen LogP contribution in [0.4, 0.5) is 0 Å². The average Bonchev–Trinajstić information content (AvgIpc) is 2.72. The Hall–Kier alpha value is -1.32. The number of esters is 2. The fourth-order valence-electron chi connectivity index (χ4n) is 1.83. The van der Waals surface area contributed by atoms with Gasteiger partial charge in [0.1, 0.15) is 5.57 Å². The summed E-state index contributed by atoms with van der Waals surface area (Å²) in [4.78, 5) is 23.3. The van der Waals surface area contributed by atoms with E-state index in [-0.39, 0.29) is 18.8 Å². The lowest BCUT2D eigenvalue weighted by atomic mass is 10.1. The van der Waals surface area contributed by atoms with Crippen LogP contribution in [0.3, 0.4) is 0 Å². The lowest BCUT2D eigenvalue weighted by Gasteiger charge is -2.09. The molecule has 0 aromatic rings. The smallest absolute Gasteiger partial charge is 0.345 e. The van der Waals surface area contributed by atoms with Gasteiger partial charge in [-0.15, -0.1) is 0 Å². The molecule has 90 valence electrons. The lowest BCUT2D eigenvalue weighted by Crippen LogP contribution is -2.20. The molecule has 4 nitrogen and oxygen atoms in total. The molecule has 0 heterocycles. The highest BCUT2D eigenvalue weighted by Crippen LogP contribution is 2.28. The van der Waals surface area contributed by atoms with Gasteiger partial charge in [0.2, 0.25) is 0 Å². The van der Waals surface area contributed by atoms with Crippen molar-refractivity contribution in [3.63, 3.8) is 0 Å². The normalized spacial score (nSPS) is 14.8. The van der Waals surface area contributed by atoms with E-state index >= 15 is 0 Å². The van der Waals surface area contributed by atoms with Crippen LogP contribution in [0, 0.1) is 0 Å². The van der Waals surface area contributed by atoms with Crippen LogP contribution in [-0.2, 0) is 19.1 Å². The van der Waals surface area contributed by atoms with Crippen molar-refractivity contribution in [1.29, 1.82) is 0 Å². The molecule has 0 atom stereocenters. The topological polar surface area (TPSA) is 52.6 Å². The molecule has 1 aliphatic carbocycles. The molecule has 0 aliphatic heterocycles. The molecule has 0 amide bonds. The molecule has 4 heteroatoms. The van der Waals surface area contributed by atoms with E-state index in [0.29, 0.717) is 0 Å². The van der Waals surface area contributed by atoms with Crippen molar-refractivity contribution in [2.75, 3.05) is 13.2 Å². The van der Waals surface area contributed by atoms with Crippen molar-refractivity contribution in [2.24, 2.45) is 0 Å². The van der Waals surface area contributed by atoms with E-state index in [1.165, 1.54) is 0 Å². The third-order valence-corrected chi connectivity index (χ3v) is 2.52. The molecule has 0 unspecified atom stereocenters. The summed E-state index contributed by atoms with van der Waals surface area (Å²) in [6.45, 7) is 3.99. The molecule has 16 heavy (non-hydrogen) atoms. The van der Waals surface area contributed by atoms with Gasteiger partial charge in [0, 0.05) is 0 Å². The number of hydrogen-bond donors (Lipinski definition) is 0. The summed E-state index contributed by atoms with van der Waals surface area (Å²) in [6, 6.07) is 0. The maximum atomic E-state index is 11.7. The lowest BCUT2D eigenvalue weighted by molar-refractivity contribution is -0.146. The third-order valence-electron chi connectivity index (χ3n) is 2.52. The Morgan fingerprint density at radius 2 is 1.44 bits per heavy atom. The molecule has 0 aromatic carbocycles. The van der Waals surface area contributed by atoms with E-state index in [9.17, 15) is 9.59 Å². The zero-order valence-corrected chi connectivity index (χ0v) is 9.88. The SMILES string of the molecule is CCOC(=O)C(C(=O)OCC)=C1CCCC1. The van der Waals surface area contributed by atoms with Gasteiger partial charge in [-0.3, -0.25) is 0 Å². The molecule has 0 spiro atoms. The fourth-order valence-corrected chi connectivity index (χ4v) is 1.83. The molecule has 0 saturated heterocycles. The summed E-state index contributed by atoms with van der Waals surface area (Å²) < 4.78 is 9.77. The third kappa shape index (κ3) is 3.08. The monoisotopic (exact) mass is 226 g/mol. The van der Waals surface area contributed by atoms with Crippen LogP contribution in [0.15, 0.2) is 11.1 Å². The van der Waals surface area contributed by atoms with Crippen LogP contribution in [0.1, 0.15) is 39.5 Å². The van der Waals surface area contributed by atoms with Gasteiger partial charge >= 0.3 is 11.9 Å². The van der Waals surface area contributed by atoms with E-state index in [0.717, 1.165) is 31.3 Å². The van der Waals surface area contributed by atoms with Crippen LogP contribution >= 0.6 is 0 Å². The predicted octanol–water partition coefficient (Wildman–Crippen LogP) is 1.98. The Bertz CT molecular complexity index is 276. The van der Waals surface area contributed by atoms with Crippen molar-refractivity contribution < 1.29 is 19.1 Å². The quantitative estimate of drug-likeness (QED) is 0.318. The van der Waals surface area contributed by atoms with Gasteiger partial charge < -0.3 is 9.47 Å². The van der Waals surface area contributed by atoms with E-state index in [2.05, 4.69) is 0 Å². The summed E-state index contributed by atoms with van der Waals surface area (Å²) in [5, 5.41) is 0. The first-order valence-electron chi connectivity index (χ1n) is 5.77. The summed E-state index contributed by atoms with van der Waals surface area (Å²) >= 11 is 0. The van der Waals surface area contributed by atoms with E-state index < -0.39 is 11.9 Å². The van der Waals surface area contributed by atoms with E-state index in [1.54, 1.807) is 13.8 Å². The Labute approximate surface area is 95.6 Å². The standard InChI is InChI=1S/C12H18O4/c1-3-15-11(13)10(12(14)16-4-2)9-7-5-6-8-9/h3-8H2,1-2H3. The summed E-state index contributed by atoms with van der Waals surface area (Å²) in [6.07, 6.45) is 3.65. The Kier molecular flexibility index (Phi) is 5.02. The maximum absolute atomic E-state index is 11.7. The zero-order valence-electron chi connectivity index (χ0n) is 9.88. The van der Waals surface area contributed by atoms with Gasteiger partial charge in [-0.1, -0.05) is 0 Å². The fraction of sp³-hybridized carbons (Fsp3) is 0.667. The molecule has 1 rings (SSSR count). The van der Waals surface area contributed by atoms with Gasteiger partial charge in [0.25, 0.3) is 0 Å². The van der Waals surface area contributed by atoms with Gasteiger partial charge in [0.15, 0.2) is 0 Å². The second kappa shape index (κ2) is 6.30. The molecule has 1 aliphatic rings. The second-order valence-electron chi connectivity index (χ2n) is 3.63. The maximum Gasteiger partial charge on any atom is 0.345 e. The molecular weight excluding hydrogens is 208 g/mol. The molecule has 1 fully saturated rings. The van der Waals surface area contributed by atoms with Crippen molar-refractivity contribution in [3.05, 3.63) is 11.1 Å². The minimum Gasteiger partial charge on any atom is -0.462 e. The minimum atomic E-state index is -0.544. The van der Waals surface area contributed by atoms with Crippen molar-refractivity contribution in [1.82, 2.24) is 0 Å².